The predicted octanol–water partition coefficient (Wildman–Crippen LogP) is 2.38. The zero-order valence-electron chi connectivity index (χ0n) is 21.7. The number of ether oxygens (including phenoxy) is 4. The lowest BCUT2D eigenvalue weighted by molar-refractivity contribution is -0.176. The first-order valence-corrected chi connectivity index (χ1v) is 12.1. The molecule has 4 atom stereocenters. The average molecular weight is 531 g/mol. The first-order valence-electron chi connectivity index (χ1n) is 12.1. The van der Waals surface area contributed by atoms with E-state index in [1.165, 1.54) is 37.6 Å². The summed E-state index contributed by atoms with van der Waals surface area (Å²) in [4.78, 5) is 67.6. The number of pyridine rings is 1. The second-order valence-electron chi connectivity index (χ2n) is 9.04. The highest BCUT2D eigenvalue weighted by molar-refractivity contribution is 5.99. The number of carbonyl (C=O) groups is 5. The maximum Gasteiger partial charge on any atom is 0.379 e. The van der Waals surface area contributed by atoms with Gasteiger partial charge >= 0.3 is 23.9 Å². The minimum atomic E-state index is -1.41. The Morgan fingerprint density at radius 1 is 1.18 bits per heavy atom. The van der Waals surface area contributed by atoms with Crippen LogP contribution in [0.3, 0.4) is 0 Å². The fourth-order valence-electron chi connectivity index (χ4n) is 3.68. The second kappa shape index (κ2) is 12.3. The molecule has 0 aliphatic carbocycles. The summed E-state index contributed by atoms with van der Waals surface area (Å²) < 4.78 is 26.7. The Morgan fingerprint density at radius 3 is 2.55 bits per heavy atom. The van der Waals surface area contributed by atoms with Crippen LogP contribution in [-0.4, -0.2) is 59.6 Å². The van der Waals surface area contributed by atoms with Gasteiger partial charge in [-0.25, -0.2) is 14.6 Å². The van der Waals surface area contributed by atoms with Gasteiger partial charge in [-0.3, -0.25) is 14.4 Å². The van der Waals surface area contributed by atoms with Gasteiger partial charge in [0.15, 0.2) is 23.6 Å². The summed E-state index contributed by atoms with van der Waals surface area (Å²) in [5.41, 5.74) is 0.134. The maximum atomic E-state index is 13.1. The van der Waals surface area contributed by atoms with Gasteiger partial charge in [0, 0.05) is 6.20 Å². The molecular formula is C26H30N2O10. The van der Waals surface area contributed by atoms with Gasteiger partial charge in [0.1, 0.15) is 12.7 Å². The van der Waals surface area contributed by atoms with Crippen molar-refractivity contribution >= 4 is 29.8 Å². The number of esters is 4. The predicted molar refractivity (Wildman–Crippen MR) is 129 cm³/mol. The van der Waals surface area contributed by atoms with Crippen LogP contribution in [0.2, 0.25) is 0 Å². The van der Waals surface area contributed by atoms with E-state index in [0.29, 0.717) is 5.56 Å². The Morgan fingerprint density at radius 2 is 1.92 bits per heavy atom. The van der Waals surface area contributed by atoms with Gasteiger partial charge in [0.2, 0.25) is 5.76 Å². The Labute approximate surface area is 219 Å². The molecule has 1 N–H and O–H groups in total. The van der Waals surface area contributed by atoms with Crippen LogP contribution in [-0.2, 0) is 28.6 Å². The van der Waals surface area contributed by atoms with E-state index in [-0.39, 0.29) is 23.6 Å². The summed E-state index contributed by atoms with van der Waals surface area (Å²) in [6, 6.07) is 3.01. The largest absolute Gasteiger partial charge is 0.463 e. The number of hydrogen-bond donors (Lipinski definition) is 1. The van der Waals surface area contributed by atoms with Crippen LogP contribution in [0.15, 0.2) is 35.1 Å². The van der Waals surface area contributed by atoms with Crippen molar-refractivity contribution in [1.82, 2.24) is 10.3 Å². The van der Waals surface area contributed by atoms with E-state index >= 15 is 0 Å². The minimum Gasteiger partial charge on any atom is -0.463 e. The molecule has 38 heavy (non-hydrogen) atoms. The molecule has 204 valence electrons. The van der Waals surface area contributed by atoms with Crippen LogP contribution in [0, 0.1) is 18.8 Å². The van der Waals surface area contributed by atoms with Crippen molar-refractivity contribution in [3.8, 4) is 5.75 Å². The minimum absolute atomic E-state index is 0.0847. The monoisotopic (exact) mass is 530 g/mol. The number of aryl methyl sites for hydroxylation is 1. The normalized spacial score (nSPS) is 21.8. The van der Waals surface area contributed by atoms with Gasteiger partial charge in [-0.15, -0.1) is 0 Å². The van der Waals surface area contributed by atoms with Crippen LogP contribution in [0.4, 0.5) is 0 Å². The lowest BCUT2D eigenvalue weighted by Crippen LogP contribution is -2.47. The fraction of sp³-hybridized carbons (Fsp3) is 0.462. The van der Waals surface area contributed by atoms with E-state index in [1.54, 1.807) is 27.7 Å². The molecule has 1 saturated heterocycles. The number of nitrogens with one attached hydrogen (secondary N) is 1. The molecule has 0 radical (unpaired) electrons. The highest BCUT2D eigenvalue weighted by Gasteiger charge is 2.41. The lowest BCUT2D eigenvalue weighted by atomic mass is 9.95. The standard InChI is InChI=1S/C26H30N2O10/c1-6-16-21(38-23(30)13(2)3)15(5)36-25(32)17(12-35-24(16)31)28-22(29)19-20(14(4)9-10-27-19)37-26(33)18-8-7-11-34-18/h7-11,13,15-17,21H,6,12H2,1-5H3,(H,28,29). The van der Waals surface area contributed by atoms with E-state index in [2.05, 4.69) is 10.3 Å². The zero-order chi connectivity index (χ0) is 28.0. The molecule has 1 aliphatic heterocycles. The SMILES string of the molecule is CCC1C(=O)OCC(NC(=O)c2nccc(C)c2OC(=O)c2ccco2)C(=O)OC(C)C1OC(=O)C(C)C. The summed E-state index contributed by atoms with van der Waals surface area (Å²) in [5.74, 6) is -5.49. The first kappa shape index (κ1) is 28.4. The molecule has 2 aromatic rings. The van der Waals surface area contributed by atoms with E-state index in [9.17, 15) is 24.0 Å². The number of furan rings is 1. The molecule has 1 fully saturated rings. The third-order valence-corrected chi connectivity index (χ3v) is 5.84. The number of carbonyl (C=O) groups excluding carboxylic acids is 5. The van der Waals surface area contributed by atoms with Crippen molar-refractivity contribution in [3.05, 3.63) is 47.7 Å². The van der Waals surface area contributed by atoms with Crippen LogP contribution in [0.25, 0.3) is 0 Å². The van der Waals surface area contributed by atoms with E-state index in [1.807, 2.05) is 0 Å². The average Bonchev–Trinajstić information content (AvgIpc) is 3.42. The van der Waals surface area contributed by atoms with Crippen LogP contribution < -0.4 is 10.1 Å². The van der Waals surface area contributed by atoms with E-state index < -0.39 is 66.5 Å². The van der Waals surface area contributed by atoms with Crippen molar-refractivity contribution in [3.63, 3.8) is 0 Å². The number of hydrogen-bond acceptors (Lipinski definition) is 11. The van der Waals surface area contributed by atoms with Crippen LogP contribution in [0.1, 0.15) is 60.7 Å². The Hall–Kier alpha value is -4.22. The van der Waals surface area contributed by atoms with Crippen molar-refractivity contribution in [1.29, 1.82) is 0 Å². The zero-order valence-corrected chi connectivity index (χ0v) is 21.7. The third kappa shape index (κ3) is 6.55. The number of rotatable bonds is 7. The Kier molecular flexibility index (Phi) is 9.21. The number of amides is 1. The summed E-state index contributed by atoms with van der Waals surface area (Å²) in [5, 5.41) is 2.43. The molecule has 1 amide bonds. The highest BCUT2D eigenvalue weighted by atomic mass is 16.6. The van der Waals surface area contributed by atoms with Gasteiger partial charge in [-0.2, -0.15) is 0 Å². The van der Waals surface area contributed by atoms with Crippen LogP contribution in [0.5, 0.6) is 5.75 Å². The summed E-state index contributed by atoms with van der Waals surface area (Å²) in [6.45, 7) is 7.54. The van der Waals surface area contributed by atoms with E-state index in [0.717, 1.165) is 0 Å². The molecular weight excluding hydrogens is 500 g/mol. The maximum absolute atomic E-state index is 13.1. The molecule has 12 nitrogen and oxygen atoms in total. The van der Waals surface area contributed by atoms with Gasteiger partial charge in [-0.1, -0.05) is 20.8 Å². The molecule has 0 saturated carbocycles. The van der Waals surface area contributed by atoms with Crippen LogP contribution >= 0.6 is 0 Å². The number of nitrogens with zero attached hydrogens (tertiary/aromatic N) is 1. The van der Waals surface area contributed by atoms with Gasteiger partial charge in [0.25, 0.3) is 5.91 Å². The fourth-order valence-corrected chi connectivity index (χ4v) is 3.68. The molecule has 4 unspecified atom stereocenters. The highest BCUT2D eigenvalue weighted by Crippen LogP contribution is 2.25. The lowest BCUT2D eigenvalue weighted by Gasteiger charge is -2.29. The quantitative estimate of drug-likeness (QED) is 0.413. The molecule has 3 heterocycles. The third-order valence-electron chi connectivity index (χ3n) is 5.84. The Bertz CT molecular complexity index is 1190. The first-order chi connectivity index (χ1) is 18.0. The molecule has 0 spiro atoms. The number of aromatic nitrogens is 1. The molecule has 3 rings (SSSR count). The van der Waals surface area contributed by atoms with Crippen molar-refractivity contribution in [2.75, 3.05) is 6.61 Å². The van der Waals surface area contributed by atoms with Crippen molar-refractivity contribution in [2.24, 2.45) is 11.8 Å². The van der Waals surface area contributed by atoms with Gasteiger partial charge < -0.3 is 28.7 Å². The van der Waals surface area contributed by atoms with Crippen molar-refractivity contribution in [2.45, 2.75) is 59.3 Å². The van der Waals surface area contributed by atoms with Gasteiger partial charge in [-0.05, 0) is 44.0 Å². The Balaban J connectivity index is 1.82. The van der Waals surface area contributed by atoms with E-state index in [4.69, 9.17) is 23.4 Å². The molecule has 2 aromatic heterocycles. The smallest absolute Gasteiger partial charge is 0.379 e. The van der Waals surface area contributed by atoms with Crippen molar-refractivity contribution < 1.29 is 47.3 Å². The molecule has 1 aliphatic rings. The molecule has 12 heteroatoms. The summed E-state index contributed by atoms with van der Waals surface area (Å²) in [7, 11) is 0. The van der Waals surface area contributed by atoms with Gasteiger partial charge in [0.05, 0.1) is 18.1 Å². The second-order valence-corrected chi connectivity index (χ2v) is 9.04. The summed E-state index contributed by atoms with van der Waals surface area (Å²) >= 11 is 0. The summed E-state index contributed by atoms with van der Waals surface area (Å²) in [6.07, 6.45) is 0.792. The molecule has 0 aromatic carbocycles. The number of cyclic esters (lactones) is 2. The topological polar surface area (TPSA) is 160 Å². The molecule has 0 bridgehead atoms.